The highest BCUT2D eigenvalue weighted by atomic mass is 16.5. The first-order valence-corrected chi connectivity index (χ1v) is 6.23. The van der Waals surface area contributed by atoms with E-state index in [2.05, 4.69) is 19.3 Å². The minimum atomic E-state index is 0.201. The number of ether oxygens (including phenoxy) is 1. The molecule has 1 saturated carbocycles. The summed E-state index contributed by atoms with van der Waals surface area (Å²) in [5, 5.41) is 0. The number of nitrogens with two attached hydrogens (primary N) is 1. The summed E-state index contributed by atoms with van der Waals surface area (Å²) in [7, 11) is 1.76. The Bertz CT molecular complexity index is 175. The minimum Gasteiger partial charge on any atom is -0.380 e. The number of hydrazine groups is 1. The summed E-state index contributed by atoms with van der Waals surface area (Å²) in [5.74, 6) is 7.17. The van der Waals surface area contributed by atoms with Gasteiger partial charge >= 0.3 is 0 Å². The summed E-state index contributed by atoms with van der Waals surface area (Å²) in [4.78, 5) is 0. The summed E-state index contributed by atoms with van der Waals surface area (Å²) in [6.07, 6.45) is 6.84. The zero-order valence-electron chi connectivity index (χ0n) is 10.3. The van der Waals surface area contributed by atoms with Crippen molar-refractivity contribution in [2.24, 2.45) is 17.7 Å². The first kappa shape index (κ1) is 12.9. The Balaban J connectivity index is 2.63. The van der Waals surface area contributed by atoms with E-state index in [1.165, 1.54) is 32.1 Å². The molecule has 0 aromatic carbocycles. The maximum atomic E-state index is 5.67. The van der Waals surface area contributed by atoms with E-state index < -0.39 is 0 Å². The van der Waals surface area contributed by atoms with Gasteiger partial charge in [-0.05, 0) is 25.2 Å². The van der Waals surface area contributed by atoms with Gasteiger partial charge in [-0.2, -0.15) is 0 Å². The van der Waals surface area contributed by atoms with Crippen molar-refractivity contribution < 1.29 is 4.74 Å². The number of methoxy groups -OCH3 is 1. The molecule has 0 radical (unpaired) electrons. The lowest BCUT2D eigenvalue weighted by Crippen LogP contribution is -2.51. The van der Waals surface area contributed by atoms with Crippen LogP contribution in [0.4, 0.5) is 0 Å². The molecule has 0 spiro atoms. The maximum Gasteiger partial charge on any atom is 0.0712 e. The highest BCUT2D eigenvalue weighted by molar-refractivity contribution is 4.86. The van der Waals surface area contributed by atoms with Crippen LogP contribution >= 0.6 is 0 Å². The van der Waals surface area contributed by atoms with E-state index >= 15 is 0 Å². The number of hydrogen-bond donors (Lipinski definition) is 2. The monoisotopic (exact) mass is 214 g/mol. The largest absolute Gasteiger partial charge is 0.380 e. The van der Waals surface area contributed by atoms with Crippen LogP contribution < -0.4 is 11.3 Å². The Kier molecular flexibility index (Phi) is 5.58. The molecule has 0 saturated heterocycles. The van der Waals surface area contributed by atoms with E-state index in [9.17, 15) is 0 Å². The zero-order valence-corrected chi connectivity index (χ0v) is 10.3. The molecule has 1 aliphatic rings. The SMILES string of the molecule is CCC1CCCCC1C(NN)C(C)OC. The Morgan fingerprint density at radius 3 is 2.60 bits per heavy atom. The molecule has 0 aromatic rings. The van der Waals surface area contributed by atoms with Gasteiger partial charge in [0.25, 0.3) is 0 Å². The van der Waals surface area contributed by atoms with Crippen molar-refractivity contribution in [2.45, 2.75) is 58.1 Å². The molecule has 0 amide bonds. The van der Waals surface area contributed by atoms with Crippen LogP contribution in [0.1, 0.15) is 46.0 Å². The molecule has 15 heavy (non-hydrogen) atoms. The lowest BCUT2D eigenvalue weighted by molar-refractivity contribution is 0.0343. The second-order valence-electron chi connectivity index (χ2n) is 4.75. The van der Waals surface area contributed by atoms with Crippen molar-refractivity contribution in [1.29, 1.82) is 0 Å². The van der Waals surface area contributed by atoms with Gasteiger partial charge in [0, 0.05) is 7.11 Å². The van der Waals surface area contributed by atoms with Gasteiger partial charge in [0.1, 0.15) is 0 Å². The fourth-order valence-corrected chi connectivity index (χ4v) is 2.97. The molecule has 1 rings (SSSR count). The van der Waals surface area contributed by atoms with Gasteiger partial charge in [0.2, 0.25) is 0 Å². The van der Waals surface area contributed by atoms with Gasteiger partial charge in [-0.25, -0.2) is 0 Å². The molecule has 0 aliphatic heterocycles. The Hall–Kier alpha value is -0.120. The molecule has 0 bridgehead atoms. The molecular weight excluding hydrogens is 188 g/mol. The molecule has 0 aromatic heterocycles. The maximum absolute atomic E-state index is 5.67. The normalized spacial score (nSPS) is 31.2. The van der Waals surface area contributed by atoms with Crippen LogP contribution in [0.2, 0.25) is 0 Å². The summed E-state index contributed by atoms with van der Waals surface area (Å²) >= 11 is 0. The molecule has 3 heteroatoms. The average molecular weight is 214 g/mol. The van der Waals surface area contributed by atoms with Crippen molar-refractivity contribution >= 4 is 0 Å². The third-order valence-corrected chi connectivity index (χ3v) is 4.02. The van der Waals surface area contributed by atoms with Gasteiger partial charge in [0.05, 0.1) is 12.1 Å². The van der Waals surface area contributed by atoms with Crippen molar-refractivity contribution in [3.63, 3.8) is 0 Å². The number of nitrogens with one attached hydrogen (secondary N) is 1. The third kappa shape index (κ3) is 3.16. The quantitative estimate of drug-likeness (QED) is 0.544. The smallest absolute Gasteiger partial charge is 0.0712 e. The fraction of sp³-hybridized carbons (Fsp3) is 1.00. The van der Waals surface area contributed by atoms with E-state index in [1.807, 2.05) is 0 Å². The topological polar surface area (TPSA) is 47.3 Å². The second-order valence-corrected chi connectivity index (χ2v) is 4.75. The first-order chi connectivity index (χ1) is 7.24. The molecule has 1 aliphatic carbocycles. The highest BCUT2D eigenvalue weighted by Crippen LogP contribution is 2.35. The molecular formula is C12H26N2O. The number of rotatable bonds is 5. The molecule has 4 atom stereocenters. The van der Waals surface area contributed by atoms with Gasteiger partial charge in [-0.1, -0.05) is 32.6 Å². The summed E-state index contributed by atoms with van der Waals surface area (Å²) < 4.78 is 5.41. The minimum absolute atomic E-state index is 0.201. The first-order valence-electron chi connectivity index (χ1n) is 6.23. The van der Waals surface area contributed by atoms with Gasteiger partial charge < -0.3 is 4.74 Å². The second kappa shape index (κ2) is 6.46. The van der Waals surface area contributed by atoms with Crippen LogP contribution in [0.15, 0.2) is 0 Å². The van der Waals surface area contributed by atoms with Crippen molar-refractivity contribution in [2.75, 3.05) is 7.11 Å². The fourth-order valence-electron chi connectivity index (χ4n) is 2.97. The molecule has 3 N–H and O–H groups in total. The Labute approximate surface area is 93.7 Å². The molecule has 90 valence electrons. The lowest BCUT2D eigenvalue weighted by Gasteiger charge is -2.38. The molecule has 0 heterocycles. The van der Waals surface area contributed by atoms with Crippen LogP contribution in [0.5, 0.6) is 0 Å². The molecule has 4 unspecified atom stereocenters. The predicted octanol–water partition coefficient (Wildman–Crippen LogP) is 2.07. The van der Waals surface area contributed by atoms with E-state index in [-0.39, 0.29) is 6.10 Å². The number of hydrogen-bond acceptors (Lipinski definition) is 3. The van der Waals surface area contributed by atoms with Crippen LogP contribution in [0, 0.1) is 11.8 Å². The van der Waals surface area contributed by atoms with E-state index in [0.29, 0.717) is 12.0 Å². The lowest BCUT2D eigenvalue weighted by atomic mass is 9.73. The van der Waals surface area contributed by atoms with Crippen molar-refractivity contribution in [1.82, 2.24) is 5.43 Å². The predicted molar refractivity (Wildman–Crippen MR) is 63.3 cm³/mol. The van der Waals surface area contributed by atoms with Crippen molar-refractivity contribution in [3.05, 3.63) is 0 Å². The standard InChI is InChI=1S/C12H26N2O/c1-4-10-7-5-6-8-11(10)12(14-13)9(2)15-3/h9-12,14H,4-8,13H2,1-3H3. The zero-order chi connectivity index (χ0) is 11.3. The van der Waals surface area contributed by atoms with E-state index in [4.69, 9.17) is 10.6 Å². The molecule has 3 nitrogen and oxygen atoms in total. The van der Waals surface area contributed by atoms with Crippen LogP contribution in [-0.2, 0) is 4.74 Å². The summed E-state index contributed by atoms with van der Waals surface area (Å²) in [6.45, 7) is 4.39. The summed E-state index contributed by atoms with van der Waals surface area (Å²) in [5.41, 5.74) is 2.96. The average Bonchev–Trinajstić information content (AvgIpc) is 2.30. The third-order valence-electron chi connectivity index (χ3n) is 4.02. The van der Waals surface area contributed by atoms with E-state index in [0.717, 1.165) is 5.92 Å². The van der Waals surface area contributed by atoms with Crippen molar-refractivity contribution in [3.8, 4) is 0 Å². The van der Waals surface area contributed by atoms with E-state index in [1.54, 1.807) is 7.11 Å². The summed E-state index contributed by atoms with van der Waals surface area (Å²) in [6, 6.07) is 0.306. The van der Waals surface area contributed by atoms with Crippen LogP contribution in [0.25, 0.3) is 0 Å². The van der Waals surface area contributed by atoms with Crippen LogP contribution in [0.3, 0.4) is 0 Å². The molecule has 1 fully saturated rings. The Morgan fingerprint density at radius 1 is 1.40 bits per heavy atom. The van der Waals surface area contributed by atoms with Crippen LogP contribution in [-0.4, -0.2) is 19.3 Å². The van der Waals surface area contributed by atoms with Gasteiger partial charge in [0.15, 0.2) is 0 Å². The Morgan fingerprint density at radius 2 is 2.07 bits per heavy atom. The van der Waals surface area contributed by atoms with Gasteiger partial charge in [-0.3, -0.25) is 11.3 Å². The highest BCUT2D eigenvalue weighted by Gasteiger charge is 2.33. The van der Waals surface area contributed by atoms with Gasteiger partial charge in [-0.15, -0.1) is 0 Å².